The number of carbonyl (C=O) groups excluding carboxylic acids is 3. The van der Waals surface area contributed by atoms with Crippen molar-refractivity contribution in [1.29, 1.82) is 0 Å². The van der Waals surface area contributed by atoms with Crippen LogP contribution in [-0.2, 0) is 29.0 Å². The van der Waals surface area contributed by atoms with Gasteiger partial charge in [0.2, 0.25) is 0 Å². The standard InChI is InChI=1S/C36H70O4.C9H18O3/c1-3-5-7-9-11-13-15-17-19-21-23-25-27-29-31-33-35(37)39-40-36(38)34-32-30-28-26-24-22-20-18-16-14-12-10-8-6-4-2;1-7(5-8(10)12-11)6-9(2,3)4/h3-34H2,1-2H3;7,11H,5-6H2,1-4H3. The lowest BCUT2D eigenvalue weighted by atomic mass is 9.84. The van der Waals surface area contributed by atoms with Gasteiger partial charge in [-0.05, 0) is 30.6 Å². The molecule has 1 unspecified atom stereocenters. The van der Waals surface area contributed by atoms with Crippen LogP contribution < -0.4 is 0 Å². The lowest BCUT2D eigenvalue weighted by Crippen LogP contribution is -2.14. The minimum atomic E-state index is -0.549. The quantitative estimate of drug-likeness (QED) is 0.0392. The van der Waals surface area contributed by atoms with Crippen LogP contribution >= 0.6 is 0 Å². The molecule has 0 aliphatic carbocycles. The second-order valence-corrected chi connectivity index (χ2v) is 16.8. The average Bonchev–Trinajstić information content (AvgIpc) is 3.10. The predicted molar refractivity (Wildman–Crippen MR) is 218 cm³/mol. The molecule has 0 saturated heterocycles. The van der Waals surface area contributed by atoms with Gasteiger partial charge in [-0.1, -0.05) is 221 Å². The number of hydrogen-bond acceptors (Lipinski definition) is 7. The summed E-state index contributed by atoms with van der Waals surface area (Å²) < 4.78 is 0. The van der Waals surface area contributed by atoms with Crippen LogP contribution in [0.3, 0.4) is 0 Å². The average molecular weight is 741 g/mol. The Morgan fingerprint density at radius 1 is 0.442 bits per heavy atom. The van der Waals surface area contributed by atoms with E-state index in [-0.39, 0.29) is 17.8 Å². The van der Waals surface area contributed by atoms with Gasteiger partial charge in [-0.3, -0.25) is 0 Å². The van der Waals surface area contributed by atoms with Crippen LogP contribution in [0.25, 0.3) is 0 Å². The third-order valence-corrected chi connectivity index (χ3v) is 9.77. The molecule has 0 fully saturated rings. The maximum atomic E-state index is 11.8. The first kappa shape index (κ1) is 52.5. The van der Waals surface area contributed by atoms with Crippen molar-refractivity contribution in [3.05, 3.63) is 0 Å². The van der Waals surface area contributed by atoms with Gasteiger partial charge in [0.1, 0.15) is 0 Å². The van der Waals surface area contributed by atoms with Crippen molar-refractivity contribution in [2.24, 2.45) is 11.3 Å². The molecule has 52 heavy (non-hydrogen) atoms. The first-order valence-corrected chi connectivity index (χ1v) is 22.3. The second-order valence-electron chi connectivity index (χ2n) is 16.8. The Hall–Kier alpha value is -1.63. The molecule has 7 nitrogen and oxygen atoms in total. The van der Waals surface area contributed by atoms with Gasteiger partial charge in [0.25, 0.3) is 0 Å². The van der Waals surface area contributed by atoms with E-state index in [9.17, 15) is 14.4 Å². The number of hydrogen-bond donors (Lipinski definition) is 1. The molecule has 0 rings (SSSR count). The minimum absolute atomic E-state index is 0.217. The van der Waals surface area contributed by atoms with Crippen molar-refractivity contribution in [1.82, 2.24) is 0 Å². The fourth-order valence-corrected chi connectivity index (χ4v) is 6.90. The van der Waals surface area contributed by atoms with Crippen molar-refractivity contribution in [2.75, 3.05) is 0 Å². The normalized spacial score (nSPS) is 11.8. The van der Waals surface area contributed by atoms with Gasteiger partial charge in [-0.25, -0.2) is 24.2 Å². The summed E-state index contributed by atoms with van der Waals surface area (Å²) in [6.07, 6.45) is 40.8. The molecule has 0 radical (unpaired) electrons. The molecule has 0 aromatic heterocycles. The van der Waals surface area contributed by atoms with E-state index < -0.39 is 17.9 Å². The van der Waals surface area contributed by atoms with E-state index >= 15 is 0 Å². The zero-order valence-electron chi connectivity index (χ0n) is 35.5. The molecule has 1 N–H and O–H groups in total. The molecule has 0 aromatic rings. The lowest BCUT2D eigenvalue weighted by molar-refractivity contribution is -0.259. The van der Waals surface area contributed by atoms with Crippen LogP contribution in [0.4, 0.5) is 0 Å². The van der Waals surface area contributed by atoms with E-state index in [1.54, 1.807) is 0 Å². The molecule has 0 aliphatic heterocycles. The Bertz CT molecular complexity index is 730. The highest BCUT2D eigenvalue weighted by molar-refractivity contribution is 5.72. The van der Waals surface area contributed by atoms with E-state index in [0.29, 0.717) is 12.8 Å². The molecule has 7 heteroatoms. The molecule has 0 heterocycles. The maximum absolute atomic E-state index is 11.8. The van der Waals surface area contributed by atoms with Gasteiger partial charge in [0.15, 0.2) is 0 Å². The molecule has 0 amide bonds. The minimum Gasteiger partial charge on any atom is -0.301 e. The molecular weight excluding hydrogens is 652 g/mol. The Morgan fingerprint density at radius 3 is 0.923 bits per heavy atom. The molecule has 310 valence electrons. The Balaban J connectivity index is 0. The number of carbonyl (C=O) groups is 3. The van der Waals surface area contributed by atoms with E-state index in [1.807, 2.05) is 6.92 Å². The third-order valence-electron chi connectivity index (χ3n) is 9.77. The van der Waals surface area contributed by atoms with Crippen LogP contribution in [0.2, 0.25) is 0 Å². The van der Waals surface area contributed by atoms with Crippen molar-refractivity contribution in [3.63, 3.8) is 0 Å². The van der Waals surface area contributed by atoms with Gasteiger partial charge in [-0.15, -0.1) is 0 Å². The first-order valence-electron chi connectivity index (χ1n) is 22.3. The molecule has 0 aliphatic rings. The molecular formula is C45H88O7. The van der Waals surface area contributed by atoms with E-state index in [0.717, 1.165) is 32.1 Å². The van der Waals surface area contributed by atoms with Crippen LogP contribution in [0, 0.1) is 11.3 Å². The molecule has 0 spiro atoms. The van der Waals surface area contributed by atoms with Gasteiger partial charge < -0.3 is 4.89 Å². The fourth-order valence-electron chi connectivity index (χ4n) is 6.90. The van der Waals surface area contributed by atoms with Crippen LogP contribution in [0.1, 0.15) is 260 Å². The van der Waals surface area contributed by atoms with Gasteiger partial charge in [0.05, 0.1) is 19.3 Å². The van der Waals surface area contributed by atoms with Crippen molar-refractivity contribution in [3.8, 4) is 0 Å². The maximum Gasteiger partial charge on any atom is 0.355 e. The van der Waals surface area contributed by atoms with E-state index in [2.05, 4.69) is 39.5 Å². The van der Waals surface area contributed by atoms with Crippen LogP contribution in [0.5, 0.6) is 0 Å². The molecule has 0 bridgehead atoms. The Labute approximate surface area is 322 Å². The predicted octanol–water partition coefficient (Wildman–Crippen LogP) is 15.0. The molecule has 1 atom stereocenters. The van der Waals surface area contributed by atoms with Crippen molar-refractivity contribution < 1.29 is 34.3 Å². The van der Waals surface area contributed by atoms with Crippen molar-refractivity contribution in [2.45, 2.75) is 260 Å². The highest BCUT2D eigenvalue weighted by Crippen LogP contribution is 2.26. The van der Waals surface area contributed by atoms with E-state index in [1.165, 1.54) is 167 Å². The van der Waals surface area contributed by atoms with E-state index in [4.69, 9.17) is 15.0 Å². The number of unbranched alkanes of at least 4 members (excludes halogenated alkanes) is 28. The smallest absolute Gasteiger partial charge is 0.301 e. The highest BCUT2D eigenvalue weighted by Gasteiger charge is 2.18. The second kappa shape index (κ2) is 40.6. The summed E-state index contributed by atoms with van der Waals surface area (Å²) in [7, 11) is 0. The zero-order chi connectivity index (χ0) is 39.0. The van der Waals surface area contributed by atoms with Gasteiger partial charge >= 0.3 is 17.9 Å². The van der Waals surface area contributed by atoms with Gasteiger partial charge in [-0.2, -0.15) is 5.26 Å². The third kappa shape index (κ3) is 46.4. The van der Waals surface area contributed by atoms with Crippen molar-refractivity contribution >= 4 is 17.9 Å². The summed E-state index contributed by atoms with van der Waals surface area (Å²) in [4.78, 5) is 47.2. The highest BCUT2D eigenvalue weighted by atomic mass is 17.2. The summed E-state index contributed by atoms with van der Waals surface area (Å²) in [5.74, 6) is -1.13. The van der Waals surface area contributed by atoms with Crippen LogP contribution in [0.15, 0.2) is 0 Å². The topological polar surface area (TPSA) is 99.1 Å². The number of rotatable bonds is 35. The molecule has 0 aromatic carbocycles. The Kier molecular flexibility index (Phi) is 40.9. The van der Waals surface area contributed by atoms with Crippen LogP contribution in [-0.4, -0.2) is 23.2 Å². The summed E-state index contributed by atoms with van der Waals surface area (Å²) in [5.41, 5.74) is 0.217. The summed E-state index contributed by atoms with van der Waals surface area (Å²) >= 11 is 0. The summed E-state index contributed by atoms with van der Waals surface area (Å²) in [6, 6.07) is 0. The zero-order valence-corrected chi connectivity index (χ0v) is 35.5. The molecule has 0 saturated carbocycles. The Morgan fingerprint density at radius 2 is 0.692 bits per heavy atom. The summed E-state index contributed by atoms with van der Waals surface area (Å²) in [5, 5.41) is 8.03. The SMILES string of the molecule is CC(CC(=O)OO)CC(C)(C)C.CCCCCCCCCCCCCCCCCC(=O)OOC(=O)CCCCCCCCCCCCCCCCC. The largest absolute Gasteiger partial charge is 0.355 e. The first-order chi connectivity index (χ1) is 25.1. The fraction of sp³-hybridized carbons (Fsp3) is 0.933. The monoisotopic (exact) mass is 741 g/mol. The van der Waals surface area contributed by atoms with Gasteiger partial charge in [0, 0.05) is 0 Å². The lowest BCUT2D eigenvalue weighted by Gasteiger charge is -2.21. The summed E-state index contributed by atoms with van der Waals surface area (Å²) in [6.45, 7) is 12.9.